The fraction of sp³-hybridized carbons (Fsp3) is 0.467. The molecule has 2 aromatic rings. The smallest absolute Gasteiger partial charge is 0.345 e. The van der Waals surface area contributed by atoms with E-state index in [0.29, 0.717) is 12.0 Å². The maximum absolute atomic E-state index is 11.9. The summed E-state index contributed by atoms with van der Waals surface area (Å²) < 4.78 is 4.81. The molecule has 188 valence electrons. The largest absolute Gasteiger partial charge is 0.389 e. The van der Waals surface area contributed by atoms with Crippen LogP contribution in [0, 0.1) is 11.8 Å². The first-order valence-corrected chi connectivity index (χ1v) is 13.3. The van der Waals surface area contributed by atoms with Crippen LogP contribution < -0.4 is 5.32 Å². The van der Waals surface area contributed by atoms with Gasteiger partial charge in [-0.25, -0.2) is 4.79 Å². The van der Waals surface area contributed by atoms with Crippen LogP contribution in [0.3, 0.4) is 0 Å². The number of anilines is 1. The molecule has 2 rings (SSSR count). The van der Waals surface area contributed by atoms with Gasteiger partial charge >= 0.3 is 11.9 Å². The van der Waals surface area contributed by atoms with Crippen molar-refractivity contribution < 1.29 is 14.3 Å². The van der Waals surface area contributed by atoms with Crippen molar-refractivity contribution in [2.45, 2.75) is 84.0 Å². The highest BCUT2D eigenvalue weighted by Crippen LogP contribution is 2.13. The number of carbonyl (C=O) groups is 2. The van der Waals surface area contributed by atoms with Crippen LogP contribution in [0.2, 0.25) is 5.02 Å². The van der Waals surface area contributed by atoms with Crippen LogP contribution in [-0.2, 0) is 9.53 Å². The fourth-order valence-corrected chi connectivity index (χ4v) is 3.77. The molecule has 0 radical (unpaired) electrons. The number of carbonyl (C=O) groups excluding carboxylic acids is 2. The molecule has 0 saturated heterocycles. The Bertz CT molecular complexity index is 942. The number of nitrogens with one attached hydrogen (secondary N) is 1. The van der Waals surface area contributed by atoms with E-state index in [1.54, 1.807) is 12.1 Å². The summed E-state index contributed by atoms with van der Waals surface area (Å²) in [5.74, 6) is 5.38. The topological polar surface area (TPSA) is 55.4 Å². The molecular formula is C30H38ClNO3. The molecule has 0 unspecified atom stereocenters. The summed E-state index contributed by atoms with van der Waals surface area (Å²) in [4.78, 5) is 23.3. The molecule has 0 aromatic heterocycles. The molecule has 0 bridgehead atoms. The van der Waals surface area contributed by atoms with Crippen LogP contribution in [0.5, 0.6) is 0 Å². The molecule has 0 fully saturated rings. The standard InChI is InChI=1S/C30H38ClNO3/c1-2-14-29(33)35-30(34)26-18-22-28(23-19-26)32-24-13-11-9-7-5-3-4-6-8-10-12-15-25-16-20-27(31)21-17-25/h16-23,32H,2-11,13-14,24H2,1H3. The zero-order valence-electron chi connectivity index (χ0n) is 20.9. The lowest BCUT2D eigenvalue weighted by Gasteiger charge is -2.07. The molecule has 0 amide bonds. The first-order chi connectivity index (χ1) is 17.1. The summed E-state index contributed by atoms with van der Waals surface area (Å²) in [7, 11) is 0. The third-order valence-corrected chi connectivity index (χ3v) is 5.92. The van der Waals surface area contributed by atoms with Crippen LogP contribution in [0.15, 0.2) is 48.5 Å². The van der Waals surface area contributed by atoms with E-state index in [1.807, 2.05) is 43.3 Å². The molecule has 0 aliphatic rings. The van der Waals surface area contributed by atoms with Crippen LogP contribution in [0.1, 0.15) is 99.9 Å². The van der Waals surface area contributed by atoms with Crippen LogP contribution in [0.25, 0.3) is 0 Å². The first-order valence-electron chi connectivity index (χ1n) is 12.9. The summed E-state index contributed by atoms with van der Waals surface area (Å²) in [5.41, 5.74) is 2.39. The van der Waals surface area contributed by atoms with Crippen molar-refractivity contribution in [2.24, 2.45) is 0 Å². The first kappa shape index (κ1) is 28.5. The van der Waals surface area contributed by atoms with Crippen LogP contribution in [-0.4, -0.2) is 18.5 Å². The number of esters is 2. The Labute approximate surface area is 215 Å². The van der Waals surface area contributed by atoms with Crippen molar-refractivity contribution in [1.82, 2.24) is 0 Å². The lowest BCUT2D eigenvalue weighted by atomic mass is 10.1. The van der Waals surface area contributed by atoms with E-state index in [4.69, 9.17) is 16.3 Å². The van der Waals surface area contributed by atoms with Crippen molar-refractivity contribution in [3.63, 3.8) is 0 Å². The molecule has 0 atom stereocenters. The Kier molecular flexibility index (Phi) is 14.3. The number of hydrogen-bond donors (Lipinski definition) is 1. The number of halogens is 1. The summed E-state index contributed by atoms with van der Waals surface area (Å²) >= 11 is 5.88. The third-order valence-electron chi connectivity index (χ3n) is 5.67. The van der Waals surface area contributed by atoms with E-state index >= 15 is 0 Å². The summed E-state index contributed by atoms with van der Waals surface area (Å²) in [6, 6.07) is 14.8. The minimum atomic E-state index is -0.585. The van der Waals surface area contributed by atoms with Crippen LogP contribution >= 0.6 is 11.6 Å². The lowest BCUT2D eigenvalue weighted by Crippen LogP contribution is -2.12. The minimum Gasteiger partial charge on any atom is -0.389 e. The molecule has 0 heterocycles. The fourth-order valence-electron chi connectivity index (χ4n) is 3.65. The molecule has 2 aromatic carbocycles. The van der Waals surface area contributed by atoms with Crippen molar-refractivity contribution in [2.75, 3.05) is 11.9 Å². The Morgan fingerprint density at radius 3 is 2.06 bits per heavy atom. The zero-order valence-corrected chi connectivity index (χ0v) is 21.7. The second-order valence-electron chi connectivity index (χ2n) is 8.76. The van der Waals surface area contributed by atoms with Gasteiger partial charge in [-0.2, -0.15) is 0 Å². The van der Waals surface area contributed by atoms with Gasteiger partial charge in [-0.3, -0.25) is 4.79 Å². The minimum absolute atomic E-state index is 0.257. The number of unbranched alkanes of at least 4 members (excludes halogenated alkanes) is 9. The predicted octanol–water partition coefficient (Wildman–Crippen LogP) is 8.19. The van der Waals surface area contributed by atoms with Gasteiger partial charge in [0.25, 0.3) is 0 Å². The van der Waals surface area contributed by atoms with Crippen molar-refractivity contribution >= 4 is 29.2 Å². The molecule has 5 heteroatoms. The highest BCUT2D eigenvalue weighted by Gasteiger charge is 2.11. The van der Waals surface area contributed by atoms with Crippen molar-refractivity contribution in [3.8, 4) is 11.8 Å². The number of hydrogen-bond acceptors (Lipinski definition) is 4. The molecule has 0 saturated carbocycles. The van der Waals surface area contributed by atoms with E-state index < -0.39 is 11.9 Å². The lowest BCUT2D eigenvalue weighted by molar-refractivity contribution is -0.137. The molecule has 1 N–H and O–H groups in total. The van der Waals surface area contributed by atoms with E-state index in [1.165, 1.54) is 51.4 Å². The number of rotatable bonds is 15. The summed E-state index contributed by atoms with van der Waals surface area (Å²) in [5, 5.41) is 4.13. The Hall–Kier alpha value is -2.77. The predicted molar refractivity (Wildman–Crippen MR) is 145 cm³/mol. The second kappa shape index (κ2) is 17.6. The second-order valence-corrected chi connectivity index (χ2v) is 9.19. The number of ether oxygens (including phenoxy) is 1. The van der Waals surface area contributed by atoms with Gasteiger partial charge in [-0.15, -0.1) is 0 Å². The van der Waals surface area contributed by atoms with Gasteiger partial charge in [0, 0.05) is 35.7 Å². The van der Waals surface area contributed by atoms with Gasteiger partial charge in [-0.05, 0) is 67.8 Å². The van der Waals surface area contributed by atoms with Crippen molar-refractivity contribution in [3.05, 3.63) is 64.7 Å². The molecule has 0 aliphatic heterocycles. The normalized spacial score (nSPS) is 10.3. The SMILES string of the molecule is CCCC(=O)OC(=O)c1ccc(NCCCCCCCCCCCC#Cc2ccc(Cl)cc2)cc1. The van der Waals surface area contributed by atoms with Gasteiger partial charge in [0.2, 0.25) is 0 Å². The Morgan fingerprint density at radius 2 is 1.43 bits per heavy atom. The van der Waals surface area contributed by atoms with Gasteiger partial charge in [0.1, 0.15) is 0 Å². The zero-order chi connectivity index (χ0) is 25.1. The van der Waals surface area contributed by atoms with E-state index in [-0.39, 0.29) is 6.42 Å². The van der Waals surface area contributed by atoms with Crippen molar-refractivity contribution in [1.29, 1.82) is 0 Å². The maximum Gasteiger partial charge on any atom is 0.345 e. The Balaban J connectivity index is 1.42. The average molecular weight is 496 g/mol. The monoisotopic (exact) mass is 495 g/mol. The summed E-state index contributed by atoms with van der Waals surface area (Å²) in [6.45, 7) is 2.79. The van der Waals surface area contributed by atoms with E-state index in [9.17, 15) is 9.59 Å². The van der Waals surface area contributed by atoms with E-state index in [2.05, 4.69) is 17.2 Å². The maximum atomic E-state index is 11.9. The number of benzene rings is 2. The quantitative estimate of drug-likeness (QED) is 0.117. The van der Waals surface area contributed by atoms with Crippen LogP contribution in [0.4, 0.5) is 5.69 Å². The van der Waals surface area contributed by atoms with E-state index in [0.717, 1.165) is 35.7 Å². The third kappa shape index (κ3) is 13.0. The molecule has 0 aliphatic carbocycles. The van der Waals surface area contributed by atoms with Gasteiger partial charge in [0.05, 0.1) is 5.56 Å². The molecule has 0 spiro atoms. The van der Waals surface area contributed by atoms with Gasteiger partial charge in [0.15, 0.2) is 0 Å². The van der Waals surface area contributed by atoms with Gasteiger partial charge < -0.3 is 10.1 Å². The highest BCUT2D eigenvalue weighted by molar-refractivity contribution is 6.30. The van der Waals surface area contributed by atoms with Gasteiger partial charge in [-0.1, -0.05) is 75.3 Å². The highest BCUT2D eigenvalue weighted by atomic mass is 35.5. The molecule has 4 nitrogen and oxygen atoms in total. The molecule has 35 heavy (non-hydrogen) atoms. The Morgan fingerprint density at radius 1 is 0.829 bits per heavy atom. The summed E-state index contributed by atoms with van der Waals surface area (Å²) in [6.07, 6.45) is 13.1. The average Bonchev–Trinajstić information content (AvgIpc) is 2.85. The molecular weight excluding hydrogens is 458 g/mol.